The average molecular weight is 339 g/mol. The van der Waals surface area contributed by atoms with Gasteiger partial charge in [0, 0.05) is 12.0 Å². The van der Waals surface area contributed by atoms with Gasteiger partial charge in [0.1, 0.15) is 18.0 Å². The molecule has 23 heavy (non-hydrogen) atoms. The van der Waals surface area contributed by atoms with Crippen LogP contribution >= 0.6 is 0 Å². The number of amides is 1. The van der Waals surface area contributed by atoms with Crippen LogP contribution in [0.2, 0.25) is 0 Å². The van der Waals surface area contributed by atoms with Crippen LogP contribution in [0.5, 0.6) is 5.75 Å². The molecule has 1 aromatic carbocycles. The molecule has 0 aromatic heterocycles. The summed E-state index contributed by atoms with van der Waals surface area (Å²) in [5, 5.41) is 9.81. The van der Waals surface area contributed by atoms with Gasteiger partial charge in [0.15, 0.2) is 5.82 Å². The van der Waals surface area contributed by atoms with Crippen molar-refractivity contribution in [2.45, 2.75) is 18.9 Å². The number of nitrogens with zero attached hydrogens (tertiary/aromatic N) is 1. The molecule has 1 aliphatic carbocycles. The van der Waals surface area contributed by atoms with E-state index in [1.165, 1.54) is 6.07 Å². The molecule has 1 aromatic rings. The van der Waals surface area contributed by atoms with Crippen LogP contribution in [-0.2, 0) is 15.0 Å². The van der Waals surface area contributed by atoms with Crippen LogP contribution in [0.3, 0.4) is 0 Å². The number of nitrogens with two attached hydrogens (primary N) is 1. The second kappa shape index (κ2) is 5.40. The van der Waals surface area contributed by atoms with Gasteiger partial charge in [0.25, 0.3) is 5.91 Å². The summed E-state index contributed by atoms with van der Waals surface area (Å²) in [6.45, 7) is -0.596. The van der Waals surface area contributed by atoms with Gasteiger partial charge in [-0.3, -0.25) is 4.79 Å². The lowest BCUT2D eigenvalue weighted by Crippen LogP contribution is -2.35. The van der Waals surface area contributed by atoms with Crippen LogP contribution in [0.4, 0.5) is 10.1 Å². The minimum absolute atomic E-state index is 0.0483. The molecule has 3 rings (SSSR count). The zero-order valence-corrected chi connectivity index (χ0v) is 12.7. The normalized spacial score (nSPS) is 25.3. The van der Waals surface area contributed by atoms with E-state index < -0.39 is 39.9 Å². The third-order valence-corrected chi connectivity index (χ3v) is 5.13. The summed E-state index contributed by atoms with van der Waals surface area (Å²) in [5.41, 5.74) is 5.02. The molecular weight excluding hydrogens is 325 g/mol. The molecule has 9 heteroatoms. The number of phenols is 1. The predicted molar refractivity (Wildman–Crippen MR) is 80.1 cm³/mol. The molecule has 1 amide bonds. The number of halogens is 1. The summed E-state index contributed by atoms with van der Waals surface area (Å²) in [6, 6.07) is 2.52. The molecule has 4 N–H and O–H groups in total. The first-order chi connectivity index (χ1) is 10.8. The second-order valence-corrected chi connectivity index (χ2v) is 7.12. The van der Waals surface area contributed by atoms with Crippen LogP contribution in [-0.4, -0.2) is 32.0 Å². The maximum absolute atomic E-state index is 14.6. The molecule has 0 spiro atoms. The van der Waals surface area contributed by atoms with E-state index in [1.807, 2.05) is 0 Å². The highest BCUT2D eigenvalue weighted by molar-refractivity contribution is 7.92. The number of nitrogens with one attached hydrogen (secondary N) is 1. The Morgan fingerprint density at radius 1 is 1.39 bits per heavy atom. The number of anilines is 1. The van der Waals surface area contributed by atoms with Crippen LogP contribution in [0, 0.1) is 23.6 Å². The molecule has 0 unspecified atom stereocenters. The van der Waals surface area contributed by atoms with E-state index in [2.05, 4.69) is 11.8 Å². The molecule has 1 aliphatic heterocycles. The fourth-order valence-corrected chi connectivity index (χ4v) is 3.66. The first-order valence-electron chi connectivity index (χ1n) is 6.90. The van der Waals surface area contributed by atoms with E-state index in [1.54, 1.807) is 4.72 Å². The fourth-order valence-electron chi connectivity index (χ4n) is 2.49. The molecule has 1 heterocycles. The molecule has 2 fully saturated rings. The quantitative estimate of drug-likeness (QED) is 0.614. The number of hydrogen-bond acceptors (Lipinski definition) is 5. The number of carbonyl (C=O) groups excluding carboxylic acids is 1. The molecule has 0 radical (unpaired) electrons. The lowest BCUT2D eigenvalue weighted by atomic mass is 9.81. The number of carbonyl (C=O) groups is 1. The van der Waals surface area contributed by atoms with E-state index in [0.29, 0.717) is 4.31 Å². The Morgan fingerprint density at radius 2 is 2.09 bits per heavy atom. The number of rotatable bonds is 1. The smallest absolute Gasteiger partial charge is 0.326 e. The molecule has 7 nitrogen and oxygen atoms in total. The molecule has 0 bridgehead atoms. The highest BCUT2D eigenvalue weighted by Crippen LogP contribution is 2.35. The Labute approximate surface area is 132 Å². The van der Waals surface area contributed by atoms with Crippen LogP contribution < -0.4 is 14.8 Å². The molecule has 1 saturated heterocycles. The van der Waals surface area contributed by atoms with Crippen LogP contribution in [0.1, 0.15) is 18.4 Å². The van der Waals surface area contributed by atoms with Crippen molar-refractivity contribution in [2.24, 2.45) is 11.7 Å². The standard InChI is InChI=1S/C14H14FN3O4S/c15-13-9(2-1-8-5-10(16)6-8)3-4-11(19)14(13)18-7-12(20)17-23(18,21)22/h3-4,8,10,19H,5-7,16H2,(H,17,20). The van der Waals surface area contributed by atoms with E-state index in [9.17, 15) is 22.7 Å². The van der Waals surface area contributed by atoms with Crippen LogP contribution in [0.25, 0.3) is 0 Å². The van der Waals surface area contributed by atoms with E-state index in [4.69, 9.17) is 5.73 Å². The Morgan fingerprint density at radius 3 is 2.65 bits per heavy atom. The van der Waals surface area contributed by atoms with Crippen LogP contribution in [0.15, 0.2) is 12.1 Å². The van der Waals surface area contributed by atoms with Gasteiger partial charge >= 0.3 is 10.2 Å². The SMILES string of the molecule is NC1CC(C#Cc2ccc(O)c(N3CC(=O)NS3(=O)=O)c2F)C1. The minimum atomic E-state index is -4.21. The topological polar surface area (TPSA) is 113 Å². The average Bonchev–Trinajstić information content (AvgIpc) is 2.68. The third kappa shape index (κ3) is 2.83. The van der Waals surface area contributed by atoms with Crippen molar-refractivity contribution in [1.82, 2.24) is 4.72 Å². The van der Waals surface area contributed by atoms with Gasteiger partial charge in [-0.25, -0.2) is 13.4 Å². The van der Waals surface area contributed by atoms with E-state index in [-0.39, 0.29) is 17.5 Å². The fraction of sp³-hybridized carbons (Fsp3) is 0.357. The number of aromatic hydroxyl groups is 1. The largest absolute Gasteiger partial charge is 0.506 e. The van der Waals surface area contributed by atoms with Gasteiger partial charge in [0.2, 0.25) is 0 Å². The Balaban J connectivity index is 1.98. The summed E-state index contributed by atoms with van der Waals surface area (Å²) < 4.78 is 40.4. The summed E-state index contributed by atoms with van der Waals surface area (Å²) in [6.07, 6.45) is 1.47. The summed E-state index contributed by atoms with van der Waals surface area (Å²) in [4.78, 5) is 11.3. The number of hydrogen-bond donors (Lipinski definition) is 3. The summed E-state index contributed by atoms with van der Waals surface area (Å²) >= 11 is 0. The summed E-state index contributed by atoms with van der Waals surface area (Å²) in [7, 11) is -4.21. The monoisotopic (exact) mass is 339 g/mol. The van der Waals surface area contributed by atoms with Crippen molar-refractivity contribution >= 4 is 21.8 Å². The molecule has 0 atom stereocenters. The number of phenolic OH excluding ortho intramolecular Hbond substituents is 1. The van der Waals surface area contributed by atoms with Gasteiger partial charge < -0.3 is 10.8 Å². The second-order valence-electron chi connectivity index (χ2n) is 5.53. The first kappa shape index (κ1) is 15.6. The molecule has 1 saturated carbocycles. The summed E-state index contributed by atoms with van der Waals surface area (Å²) in [5.74, 6) is 3.23. The Hall–Kier alpha value is -2.31. The van der Waals surface area contributed by atoms with Crippen molar-refractivity contribution in [2.75, 3.05) is 10.8 Å². The van der Waals surface area contributed by atoms with Gasteiger partial charge in [-0.2, -0.15) is 8.42 Å². The first-order valence-corrected chi connectivity index (χ1v) is 8.34. The minimum Gasteiger partial charge on any atom is -0.506 e. The van der Waals surface area contributed by atoms with Crippen molar-refractivity contribution < 1.29 is 22.7 Å². The Kier molecular flexibility index (Phi) is 3.66. The van der Waals surface area contributed by atoms with Crippen molar-refractivity contribution in [3.8, 4) is 17.6 Å². The van der Waals surface area contributed by atoms with Crippen molar-refractivity contribution in [3.63, 3.8) is 0 Å². The lowest BCUT2D eigenvalue weighted by molar-refractivity contribution is -0.117. The zero-order valence-electron chi connectivity index (χ0n) is 11.9. The molecule has 2 aliphatic rings. The van der Waals surface area contributed by atoms with Crippen molar-refractivity contribution in [1.29, 1.82) is 0 Å². The van der Waals surface area contributed by atoms with E-state index >= 15 is 0 Å². The predicted octanol–water partition coefficient (Wildman–Crippen LogP) is -0.199. The van der Waals surface area contributed by atoms with Crippen molar-refractivity contribution in [3.05, 3.63) is 23.5 Å². The van der Waals surface area contributed by atoms with Gasteiger partial charge in [0.05, 0.1) is 5.56 Å². The maximum Gasteiger partial charge on any atom is 0.326 e. The number of benzene rings is 1. The molecular formula is C14H14FN3O4S. The maximum atomic E-state index is 14.6. The lowest BCUT2D eigenvalue weighted by Gasteiger charge is -2.27. The third-order valence-electron chi connectivity index (χ3n) is 3.75. The highest BCUT2D eigenvalue weighted by atomic mass is 32.2. The van der Waals surface area contributed by atoms with Gasteiger partial charge in [-0.1, -0.05) is 11.8 Å². The van der Waals surface area contributed by atoms with E-state index in [0.717, 1.165) is 18.9 Å². The highest BCUT2D eigenvalue weighted by Gasteiger charge is 2.37. The van der Waals surface area contributed by atoms with Gasteiger partial charge in [-0.15, -0.1) is 0 Å². The Bertz CT molecular complexity index is 838. The molecule has 122 valence electrons. The zero-order chi connectivity index (χ0) is 16.8. The van der Waals surface area contributed by atoms with Gasteiger partial charge in [-0.05, 0) is 25.0 Å².